The van der Waals surface area contributed by atoms with E-state index in [1.807, 2.05) is 35.9 Å². The second kappa shape index (κ2) is 10.5. The lowest BCUT2D eigenvalue weighted by Crippen LogP contribution is -2.37. The zero-order valence-corrected chi connectivity index (χ0v) is 17.1. The molecule has 0 saturated carbocycles. The molecule has 2 N–H and O–H groups in total. The summed E-state index contributed by atoms with van der Waals surface area (Å²) in [5.41, 5.74) is 2.53. The first-order chi connectivity index (χ1) is 14.9. The maximum Gasteiger partial charge on any atom is 0.573 e. The monoisotopic (exact) mass is 431 g/mol. The summed E-state index contributed by atoms with van der Waals surface area (Å²) in [7, 11) is 0. The van der Waals surface area contributed by atoms with Crippen molar-refractivity contribution in [1.29, 1.82) is 0 Å². The van der Waals surface area contributed by atoms with E-state index in [0.29, 0.717) is 31.2 Å². The first-order valence-corrected chi connectivity index (χ1v) is 9.82. The number of nitrogens with zero attached hydrogens (tertiary/aromatic N) is 3. The zero-order chi connectivity index (χ0) is 22.1. The standard InChI is InChI=1S/C22H24F3N5O/c1-2-27-21(29-14-19-8-3-4-9-20(19)31-22(23,24)25)28-13-17-6-5-7-18(12-17)15-30-11-10-26-16-30/h3-12,16H,2,13-15H2,1H3,(H2,27,28,29). The third-order valence-corrected chi connectivity index (χ3v) is 4.32. The third-order valence-electron chi connectivity index (χ3n) is 4.32. The number of benzene rings is 2. The van der Waals surface area contributed by atoms with Crippen LogP contribution in [0.25, 0.3) is 0 Å². The number of hydrogen-bond donors (Lipinski definition) is 2. The fourth-order valence-electron chi connectivity index (χ4n) is 2.98. The number of nitrogens with one attached hydrogen (secondary N) is 2. The van der Waals surface area contributed by atoms with Crippen LogP contribution in [0, 0.1) is 0 Å². The van der Waals surface area contributed by atoms with Crippen LogP contribution in [0.2, 0.25) is 0 Å². The first-order valence-electron chi connectivity index (χ1n) is 9.82. The van der Waals surface area contributed by atoms with Gasteiger partial charge in [0, 0.05) is 37.6 Å². The van der Waals surface area contributed by atoms with E-state index >= 15 is 0 Å². The summed E-state index contributed by atoms with van der Waals surface area (Å²) >= 11 is 0. The molecule has 2 aromatic carbocycles. The lowest BCUT2D eigenvalue weighted by molar-refractivity contribution is -0.274. The highest BCUT2D eigenvalue weighted by atomic mass is 19.4. The molecule has 31 heavy (non-hydrogen) atoms. The van der Waals surface area contributed by atoms with E-state index in [2.05, 4.69) is 31.4 Å². The fourth-order valence-corrected chi connectivity index (χ4v) is 2.98. The second-order valence-corrected chi connectivity index (χ2v) is 6.76. The van der Waals surface area contributed by atoms with Crippen LogP contribution in [0.5, 0.6) is 5.75 Å². The molecule has 0 aliphatic carbocycles. The van der Waals surface area contributed by atoms with Gasteiger partial charge in [-0.2, -0.15) is 0 Å². The smallest absolute Gasteiger partial charge is 0.405 e. The van der Waals surface area contributed by atoms with Crippen molar-refractivity contribution in [3.05, 3.63) is 83.9 Å². The molecule has 0 radical (unpaired) electrons. The number of aliphatic imine (C=N–C) groups is 1. The van der Waals surface area contributed by atoms with Gasteiger partial charge in [0.1, 0.15) is 5.75 Å². The van der Waals surface area contributed by atoms with Crippen molar-refractivity contribution >= 4 is 5.96 Å². The molecule has 9 heteroatoms. The van der Waals surface area contributed by atoms with Gasteiger partial charge in [0.25, 0.3) is 0 Å². The molecule has 6 nitrogen and oxygen atoms in total. The highest BCUT2D eigenvalue weighted by Gasteiger charge is 2.31. The van der Waals surface area contributed by atoms with Crippen molar-refractivity contribution in [2.24, 2.45) is 4.99 Å². The van der Waals surface area contributed by atoms with E-state index < -0.39 is 6.36 Å². The molecule has 0 fully saturated rings. The summed E-state index contributed by atoms with van der Waals surface area (Å²) in [6.45, 7) is 3.81. The Bertz CT molecular complexity index is 987. The van der Waals surface area contributed by atoms with Gasteiger partial charge in [-0.05, 0) is 24.1 Å². The van der Waals surface area contributed by atoms with Crippen LogP contribution in [-0.2, 0) is 19.6 Å². The average molecular weight is 431 g/mol. The fraction of sp³-hybridized carbons (Fsp3) is 0.273. The number of halogens is 3. The van der Waals surface area contributed by atoms with Gasteiger partial charge in [0.05, 0.1) is 12.9 Å². The maximum atomic E-state index is 12.6. The third kappa shape index (κ3) is 7.36. The summed E-state index contributed by atoms with van der Waals surface area (Å²) in [5.74, 6) is 0.273. The summed E-state index contributed by atoms with van der Waals surface area (Å²) < 4.78 is 43.9. The SMILES string of the molecule is CCNC(=NCc1cccc(Cn2ccnc2)c1)NCc1ccccc1OC(F)(F)F. The minimum atomic E-state index is -4.74. The summed E-state index contributed by atoms with van der Waals surface area (Å²) in [6.07, 6.45) is 0.660. The van der Waals surface area contributed by atoms with E-state index in [9.17, 15) is 13.2 Å². The number of para-hydroxylation sites is 1. The van der Waals surface area contributed by atoms with Crippen LogP contribution < -0.4 is 15.4 Å². The average Bonchev–Trinajstić information content (AvgIpc) is 3.23. The van der Waals surface area contributed by atoms with Gasteiger partial charge in [-0.1, -0.05) is 42.5 Å². The minimum absolute atomic E-state index is 0.138. The Morgan fingerprint density at radius 3 is 2.65 bits per heavy atom. The second-order valence-electron chi connectivity index (χ2n) is 6.76. The van der Waals surface area contributed by atoms with Crippen LogP contribution in [-0.4, -0.2) is 28.4 Å². The number of rotatable bonds is 8. The molecule has 0 aliphatic heterocycles. The molecular formula is C22H24F3N5O. The van der Waals surface area contributed by atoms with Crippen LogP contribution in [0.15, 0.2) is 72.2 Å². The van der Waals surface area contributed by atoms with Crippen molar-refractivity contribution in [1.82, 2.24) is 20.2 Å². The summed E-state index contributed by atoms with van der Waals surface area (Å²) in [6, 6.07) is 14.1. The predicted octanol–water partition coefficient (Wildman–Crippen LogP) is 4.09. The van der Waals surface area contributed by atoms with Crippen LogP contribution in [0.4, 0.5) is 13.2 Å². The van der Waals surface area contributed by atoms with Gasteiger partial charge in [-0.25, -0.2) is 9.98 Å². The van der Waals surface area contributed by atoms with Gasteiger partial charge in [-0.3, -0.25) is 0 Å². The molecule has 3 rings (SSSR count). The van der Waals surface area contributed by atoms with Crippen LogP contribution in [0.1, 0.15) is 23.6 Å². The quantitative estimate of drug-likeness (QED) is 0.417. The minimum Gasteiger partial charge on any atom is -0.405 e. The van der Waals surface area contributed by atoms with E-state index in [0.717, 1.165) is 11.1 Å². The lowest BCUT2D eigenvalue weighted by atomic mass is 10.1. The Hall–Kier alpha value is -3.49. The largest absolute Gasteiger partial charge is 0.573 e. The van der Waals surface area contributed by atoms with Crippen molar-refractivity contribution in [2.45, 2.75) is 32.9 Å². The normalized spacial score (nSPS) is 11.9. The Morgan fingerprint density at radius 2 is 1.90 bits per heavy atom. The summed E-state index contributed by atoms with van der Waals surface area (Å²) in [4.78, 5) is 8.60. The molecule has 0 bridgehead atoms. The van der Waals surface area contributed by atoms with Crippen molar-refractivity contribution in [2.75, 3.05) is 6.54 Å². The number of guanidine groups is 1. The van der Waals surface area contributed by atoms with Crippen molar-refractivity contribution in [3.63, 3.8) is 0 Å². The number of ether oxygens (including phenoxy) is 1. The molecular weight excluding hydrogens is 407 g/mol. The molecule has 0 amide bonds. The van der Waals surface area contributed by atoms with Crippen LogP contribution >= 0.6 is 0 Å². The topological polar surface area (TPSA) is 63.5 Å². The van der Waals surface area contributed by atoms with Crippen LogP contribution in [0.3, 0.4) is 0 Å². The van der Waals surface area contributed by atoms with E-state index in [-0.39, 0.29) is 12.3 Å². The Morgan fingerprint density at radius 1 is 1.10 bits per heavy atom. The predicted molar refractivity (Wildman–Crippen MR) is 113 cm³/mol. The highest BCUT2D eigenvalue weighted by Crippen LogP contribution is 2.26. The number of imidazole rings is 1. The molecule has 0 unspecified atom stereocenters. The number of aromatic nitrogens is 2. The molecule has 1 heterocycles. The van der Waals surface area contributed by atoms with Gasteiger partial charge in [0.2, 0.25) is 0 Å². The van der Waals surface area contributed by atoms with Crippen molar-refractivity contribution < 1.29 is 17.9 Å². The Kier molecular flexibility index (Phi) is 7.53. The Balaban J connectivity index is 1.65. The van der Waals surface area contributed by atoms with Gasteiger partial charge in [0.15, 0.2) is 5.96 Å². The molecule has 3 aromatic rings. The lowest BCUT2D eigenvalue weighted by Gasteiger charge is -2.15. The zero-order valence-electron chi connectivity index (χ0n) is 17.1. The van der Waals surface area contributed by atoms with Gasteiger partial charge < -0.3 is 19.9 Å². The molecule has 0 aliphatic rings. The molecule has 164 valence electrons. The molecule has 0 saturated heterocycles. The van der Waals surface area contributed by atoms with Gasteiger partial charge >= 0.3 is 6.36 Å². The molecule has 1 aromatic heterocycles. The van der Waals surface area contributed by atoms with E-state index in [4.69, 9.17) is 0 Å². The Labute approximate surface area is 178 Å². The van der Waals surface area contributed by atoms with Crippen molar-refractivity contribution in [3.8, 4) is 5.75 Å². The molecule has 0 spiro atoms. The highest BCUT2D eigenvalue weighted by molar-refractivity contribution is 5.79. The first kappa shape index (κ1) is 22.2. The number of alkyl halides is 3. The summed E-state index contributed by atoms with van der Waals surface area (Å²) in [5, 5.41) is 6.17. The van der Waals surface area contributed by atoms with Gasteiger partial charge in [-0.15, -0.1) is 13.2 Å². The van der Waals surface area contributed by atoms with E-state index in [1.54, 1.807) is 24.7 Å². The van der Waals surface area contributed by atoms with E-state index in [1.165, 1.54) is 12.1 Å². The number of hydrogen-bond acceptors (Lipinski definition) is 3. The maximum absolute atomic E-state index is 12.6. The molecule has 0 atom stereocenters.